The van der Waals surface area contributed by atoms with E-state index in [1.54, 1.807) is 38.1 Å². The lowest BCUT2D eigenvalue weighted by Crippen LogP contribution is -2.48. The van der Waals surface area contributed by atoms with Crippen molar-refractivity contribution in [3.05, 3.63) is 24.3 Å². The van der Waals surface area contributed by atoms with Gasteiger partial charge in [-0.1, -0.05) is 0 Å². The molecule has 1 rings (SSSR count). The first-order chi connectivity index (χ1) is 12.7. The molecule has 0 bridgehead atoms. The molecule has 0 radical (unpaired) electrons. The summed E-state index contributed by atoms with van der Waals surface area (Å²) in [5, 5.41) is 23.9. The minimum Gasteiger partial charge on any atom is -0.491 e. The second-order valence-corrected chi connectivity index (χ2v) is 6.29. The van der Waals surface area contributed by atoms with Gasteiger partial charge in [-0.05, 0) is 38.1 Å². The van der Waals surface area contributed by atoms with E-state index in [2.05, 4.69) is 10.6 Å². The molecule has 0 saturated carbocycles. The zero-order valence-electron chi connectivity index (χ0n) is 15.8. The van der Waals surface area contributed by atoms with E-state index in [1.807, 2.05) is 0 Å². The van der Waals surface area contributed by atoms with Gasteiger partial charge >= 0.3 is 12.0 Å². The Morgan fingerprint density at radius 3 is 2.33 bits per heavy atom. The fourth-order valence-corrected chi connectivity index (χ4v) is 2.22. The molecule has 0 aliphatic carbocycles. The number of ether oxygens (including phenoxy) is 1. The zero-order valence-corrected chi connectivity index (χ0v) is 15.8. The van der Waals surface area contributed by atoms with E-state index in [0.717, 1.165) is 0 Å². The van der Waals surface area contributed by atoms with Crippen molar-refractivity contribution < 1.29 is 29.3 Å². The van der Waals surface area contributed by atoms with Gasteiger partial charge in [0.2, 0.25) is 5.91 Å². The van der Waals surface area contributed by atoms with Gasteiger partial charge in [0.05, 0.1) is 13.0 Å². The Morgan fingerprint density at radius 2 is 1.81 bits per heavy atom. The summed E-state index contributed by atoms with van der Waals surface area (Å²) < 4.78 is 5.50. The van der Waals surface area contributed by atoms with Crippen LogP contribution in [0.1, 0.15) is 27.2 Å². The lowest BCUT2D eigenvalue weighted by molar-refractivity contribution is -0.136. The Labute approximate surface area is 158 Å². The molecule has 4 N–H and O–H groups in total. The minimum absolute atomic E-state index is 0.0185. The van der Waals surface area contributed by atoms with Crippen molar-refractivity contribution in [1.82, 2.24) is 10.2 Å². The summed E-state index contributed by atoms with van der Waals surface area (Å²) in [7, 11) is 0. The Balaban J connectivity index is 2.49. The molecular weight excluding hydrogens is 354 g/mol. The smallest absolute Gasteiger partial charge is 0.317 e. The van der Waals surface area contributed by atoms with E-state index < -0.39 is 18.1 Å². The van der Waals surface area contributed by atoms with Crippen LogP contribution in [-0.2, 0) is 9.59 Å². The molecule has 150 valence electrons. The molecule has 0 spiro atoms. The third-order valence-corrected chi connectivity index (χ3v) is 3.52. The van der Waals surface area contributed by atoms with E-state index in [4.69, 9.17) is 9.84 Å². The number of benzene rings is 1. The normalized spacial score (nSPS) is 11.6. The first kappa shape index (κ1) is 22.2. The van der Waals surface area contributed by atoms with Crippen LogP contribution in [0.2, 0.25) is 0 Å². The van der Waals surface area contributed by atoms with Crippen LogP contribution >= 0.6 is 0 Å². The largest absolute Gasteiger partial charge is 0.491 e. The van der Waals surface area contributed by atoms with Crippen LogP contribution in [0.25, 0.3) is 0 Å². The standard InChI is InChI=1S/C18H27N3O6/c1-12(2)21(18(26)19-9-8-17(24)25)10-15(23)11-27-16-6-4-14(5-7-16)20-13(3)22/h4-7,12,15,23H,8-11H2,1-3H3,(H,19,26)(H,20,22)(H,24,25). The molecule has 1 aromatic carbocycles. The average Bonchev–Trinajstić information content (AvgIpc) is 2.57. The quantitative estimate of drug-likeness (QED) is 0.483. The van der Waals surface area contributed by atoms with Crippen LogP contribution in [0.15, 0.2) is 24.3 Å². The topological polar surface area (TPSA) is 128 Å². The Morgan fingerprint density at radius 1 is 1.19 bits per heavy atom. The molecule has 1 aromatic rings. The van der Waals surface area contributed by atoms with Crippen LogP contribution in [0.4, 0.5) is 10.5 Å². The number of aliphatic carboxylic acids is 1. The van der Waals surface area contributed by atoms with E-state index in [1.165, 1.54) is 11.8 Å². The van der Waals surface area contributed by atoms with Gasteiger partial charge in [-0.3, -0.25) is 9.59 Å². The number of aliphatic hydroxyl groups excluding tert-OH is 1. The van der Waals surface area contributed by atoms with Crippen LogP contribution in [0, 0.1) is 0 Å². The number of nitrogens with one attached hydrogen (secondary N) is 2. The number of aliphatic hydroxyl groups is 1. The molecule has 1 unspecified atom stereocenters. The van der Waals surface area contributed by atoms with E-state index >= 15 is 0 Å². The molecule has 0 aliphatic heterocycles. The summed E-state index contributed by atoms with van der Waals surface area (Å²) in [6.45, 7) is 5.05. The zero-order chi connectivity index (χ0) is 20.4. The summed E-state index contributed by atoms with van der Waals surface area (Å²) >= 11 is 0. The van der Waals surface area contributed by atoms with Crippen molar-refractivity contribution in [3.63, 3.8) is 0 Å². The molecule has 0 aliphatic rings. The van der Waals surface area contributed by atoms with Crippen LogP contribution < -0.4 is 15.4 Å². The highest BCUT2D eigenvalue weighted by Crippen LogP contribution is 2.16. The van der Waals surface area contributed by atoms with Crippen LogP contribution in [-0.4, -0.2) is 64.9 Å². The second kappa shape index (κ2) is 11.0. The lowest BCUT2D eigenvalue weighted by atomic mass is 10.2. The fraction of sp³-hybridized carbons (Fsp3) is 0.500. The highest BCUT2D eigenvalue weighted by atomic mass is 16.5. The molecule has 9 heteroatoms. The number of carboxylic acids is 1. The first-order valence-electron chi connectivity index (χ1n) is 8.63. The van der Waals surface area contributed by atoms with Crippen molar-refractivity contribution in [1.29, 1.82) is 0 Å². The molecule has 0 saturated heterocycles. The molecular formula is C18H27N3O6. The molecule has 9 nitrogen and oxygen atoms in total. The molecule has 3 amide bonds. The molecule has 0 fully saturated rings. The van der Waals surface area contributed by atoms with E-state index in [-0.39, 0.29) is 38.1 Å². The van der Waals surface area contributed by atoms with Gasteiger partial charge in [0.1, 0.15) is 18.5 Å². The molecule has 0 aromatic heterocycles. The molecule has 27 heavy (non-hydrogen) atoms. The lowest BCUT2D eigenvalue weighted by Gasteiger charge is -2.29. The summed E-state index contributed by atoms with van der Waals surface area (Å²) in [5.41, 5.74) is 0.638. The van der Waals surface area contributed by atoms with Gasteiger partial charge in [-0.15, -0.1) is 0 Å². The number of carbonyl (C=O) groups is 3. The van der Waals surface area contributed by atoms with Gasteiger partial charge < -0.3 is 30.5 Å². The fourth-order valence-electron chi connectivity index (χ4n) is 2.22. The van der Waals surface area contributed by atoms with Crippen LogP contribution in [0.5, 0.6) is 5.75 Å². The first-order valence-corrected chi connectivity index (χ1v) is 8.63. The number of carboxylic acid groups (broad SMARTS) is 1. The van der Waals surface area contributed by atoms with Crippen molar-refractivity contribution >= 4 is 23.6 Å². The number of carbonyl (C=O) groups excluding carboxylic acids is 2. The minimum atomic E-state index is -0.996. The van der Waals surface area contributed by atoms with Crippen molar-refractivity contribution in [2.24, 2.45) is 0 Å². The Hall–Kier alpha value is -2.81. The third kappa shape index (κ3) is 8.91. The maximum Gasteiger partial charge on any atom is 0.317 e. The van der Waals surface area contributed by atoms with Crippen molar-refractivity contribution in [2.45, 2.75) is 39.3 Å². The maximum absolute atomic E-state index is 12.1. The highest BCUT2D eigenvalue weighted by molar-refractivity contribution is 5.88. The van der Waals surface area contributed by atoms with E-state index in [0.29, 0.717) is 11.4 Å². The number of anilines is 1. The van der Waals surface area contributed by atoms with Gasteiger partial charge in [0, 0.05) is 25.2 Å². The summed E-state index contributed by atoms with van der Waals surface area (Å²) in [4.78, 5) is 35.0. The van der Waals surface area contributed by atoms with Gasteiger partial charge in [0.15, 0.2) is 0 Å². The molecule has 0 heterocycles. The van der Waals surface area contributed by atoms with Crippen molar-refractivity contribution in [3.8, 4) is 5.75 Å². The van der Waals surface area contributed by atoms with Gasteiger partial charge in [-0.2, -0.15) is 0 Å². The number of nitrogens with zero attached hydrogens (tertiary/aromatic N) is 1. The number of hydrogen-bond acceptors (Lipinski definition) is 5. The highest BCUT2D eigenvalue weighted by Gasteiger charge is 2.20. The number of rotatable bonds is 10. The molecule has 1 atom stereocenters. The second-order valence-electron chi connectivity index (χ2n) is 6.29. The van der Waals surface area contributed by atoms with E-state index in [9.17, 15) is 19.5 Å². The Kier molecular flexibility index (Phi) is 9.07. The Bertz CT molecular complexity index is 632. The average molecular weight is 381 g/mol. The van der Waals surface area contributed by atoms with Gasteiger partial charge in [0.25, 0.3) is 0 Å². The number of hydrogen-bond donors (Lipinski definition) is 4. The number of amides is 3. The summed E-state index contributed by atoms with van der Waals surface area (Å²) in [6, 6.07) is 6.07. The summed E-state index contributed by atoms with van der Waals surface area (Å²) in [6.07, 6.45) is -1.09. The van der Waals surface area contributed by atoms with Crippen LogP contribution in [0.3, 0.4) is 0 Å². The predicted molar refractivity (Wildman–Crippen MR) is 99.7 cm³/mol. The van der Waals surface area contributed by atoms with Gasteiger partial charge in [-0.25, -0.2) is 4.79 Å². The maximum atomic E-state index is 12.1. The third-order valence-electron chi connectivity index (χ3n) is 3.52. The monoisotopic (exact) mass is 381 g/mol. The SMILES string of the molecule is CC(=O)Nc1ccc(OCC(O)CN(C(=O)NCCC(=O)O)C(C)C)cc1. The predicted octanol–water partition coefficient (Wildman–Crippen LogP) is 1.28. The summed E-state index contributed by atoms with van der Waals surface area (Å²) in [5.74, 6) is -0.649. The van der Waals surface area contributed by atoms with Crippen molar-refractivity contribution in [2.75, 3.05) is 25.0 Å². The number of urea groups is 1.